The van der Waals surface area contributed by atoms with Crippen molar-refractivity contribution in [1.82, 2.24) is 10.6 Å². The predicted molar refractivity (Wildman–Crippen MR) is 92.3 cm³/mol. The fourth-order valence-electron chi connectivity index (χ4n) is 2.73. The minimum Gasteiger partial charge on any atom is -0.507 e. The molecular formula is C18H15FN4O2. The first-order chi connectivity index (χ1) is 12.0. The molecule has 1 heterocycles. The third-order valence-electron chi connectivity index (χ3n) is 3.75. The van der Waals surface area contributed by atoms with Crippen LogP contribution < -0.4 is 10.6 Å². The Bertz CT molecular complexity index is 911. The van der Waals surface area contributed by atoms with Crippen molar-refractivity contribution in [3.63, 3.8) is 0 Å². The number of aryl methyl sites for hydroxylation is 1. The van der Waals surface area contributed by atoms with Crippen molar-refractivity contribution in [2.24, 2.45) is 4.99 Å². The van der Waals surface area contributed by atoms with Gasteiger partial charge in [0.25, 0.3) is 5.91 Å². The van der Waals surface area contributed by atoms with Gasteiger partial charge in [-0.05, 0) is 36.2 Å². The summed E-state index contributed by atoms with van der Waals surface area (Å²) in [6, 6.07) is 6.93. The van der Waals surface area contributed by atoms with Crippen molar-refractivity contribution in [2.75, 3.05) is 13.1 Å². The number of aromatic hydroxyl groups is 1. The number of hydrogen-bond donors (Lipinski definition) is 3. The molecule has 2 aromatic rings. The van der Waals surface area contributed by atoms with Gasteiger partial charge in [-0.1, -0.05) is 12.1 Å². The fraction of sp³-hybridized carbons (Fsp3) is 0.167. The molecule has 1 aliphatic rings. The van der Waals surface area contributed by atoms with E-state index in [0.29, 0.717) is 30.2 Å². The molecule has 3 rings (SSSR count). The average Bonchev–Trinajstić information content (AvgIpc) is 3.06. The van der Waals surface area contributed by atoms with Gasteiger partial charge in [-0.3, -0.25) is 15.1 Å². The maximum Gasteiger partial charge on any atom is 0.261 e. The molecule has 126 valence electrons. The van der Waals surface area contributed by atoms with Crippen molar-refractivity contribution in [1.29, 1.82) is 0 Å². The third kappa shape index (κ3) is 3.28. The van der Waals surface area contributed by atoms with Gasteiger partial charge >= 0.3 is 0 Å². The first kappa shape index (κ1) is 16.5. The van der Waals surface area contributed by atoms with Gasteiger partial charge in [0.05, 0.1) is 18.7 Å². The largest absolute Gasteiger partial charge is 0.507 e. The van der Waals surface area contributed by atoms with E-state index >= 15 is 0 Å². The summed E-state index contributed by atoms with van der Waals surface area (Å²) < 4.78 is 13.8. The van der Waals surface area contributed by atoms with Gasteiger partial charge in [0.2, 0.25) is 0 Å². The standard InChI is InChI=1S/C18H15FN4O2/c1-10-7-11(9-12(19)8-10)15-13(20-2)3-4-14(24)16(15)17(25)23-18-21-5-6-22-18/h3-4,7-9,24H,5-6H2,1H3,(H2,21,22,23,25). The van der Waals surface area contributed by atoms with Gasteiger partial charge in [0.1, 0.15) is 11.6 Å². The van der Waals surface area contributed by atoms with E-state index in [2.05, 4.69) is 20.5 Å². The lowest BCUT2D eigenvalue weighted by Gasteiger charge is -2.14. The number of carbonyl (C=O) groups excluding carboxylic acids is 1. The number of phenolic OH excluding ortho intramolecular Hbond substituents is 1. The van der Waals surface area contributed by atoms with E-state index in [1.807, 2.05) is 0 Å². The van der Waals surface area contributed by atoms with Crippen LogP contribution in [0.15, 0.2) is 35.3 Å². The number of amides is 1. The number of phenols is 1. The SMILES string of the molecule is [C-]#[N+]c1ccc(O)c(C(=O)NC2=NCCN2)c1-c1cc(C)cc(F)c1. The van der Waals surface area contributed by atoms with E-state index in [9.17, 15) is 14.3 Å². The fourth-order valence-corrected chi connectivity index (χ4v) is 2.73. The number of rotatable bonds is 2. The molecule has 0 aromatic heterocycles. The number of nitrogens with one attached hydrogen (secondary N) is 2. The Morgan fingerprint density at radius 1 is 1.40 bits per heavy atom. The zero-order chi connectivity index (χ0) is 18.0. The number of benzene rings is 2. The highest BCUT2D eigenvalue weighted by molar-refractivity contribution is 6.12. The molecule has 2 aromatic carbocycles. The van der Waals surface area contributed by atoms with Gasteiger partial charge in [0.15, 0.2) is 11.6 Å². The molecule has 0 bridgehead atoms. The molecule has 0 fully saturated rings. The van der Waals surface area contributed by atoms with E-state index in [1.165, 1.54) is 24.3 Å². The second-order valence-corrected chi connectivity index (χ2v) is 5.59. The predicted octanol–water partition coefficient (Wildman–Crippen LogP) is 2.75. The highest BCUT2D eigenvalue weighted by atomic mass is 19.1. The van der Waals surface area contributed by atoms with Crippen LogP contribution in [0.1, 0.15) is 15.9 Å². The van der Waals surface area contributed by atoms with Crippen LogP contribution in [0.3, 0.4) is 0 Å². The molecule has 0 aliphatic carbocycles. The lowest BCUT2D eigenvalue weighted by atomic mass is 9.95. The summed E-state index contributed by atoms with van der Waals surface area (Å²) in [5.41, 5.74) is 1.24. The van der Waals surface area contributed by atoms with Crippen molar-refractivity contribution in [2.45, 2.75) is 6.92 Å². The van der Waals surface area contributed by atoms with Crippen LogP contribution in [-0.2, 0) is 0 Å². The quantitative estimate of drug-likeness (QED) is 0.737. The highest BCUT2D eigenvalue weighted by Crippen LogP contribution is 2.39. The summed E-state index contributed by atoms with van der Waals surface area (Å²) in [5.74, 6) is -1.09. The second-order valence-electron chi connectivity index (χ2n) is 5.59. The van der Waals surface area contributed by atoms with Crippen LogP contribution in [-0.4, -0.2) is 30.1 Å². The maximum atomic E-state index is 13.8. The maximum absolute atomic E-state index is 13.8. The van der Waals surface area contributed by atoms with Gasteiger partial charge < -0.3 is 10.4 Å². The van der Waals surface area contributed by atoms with Crippen LogP contribution >= 0.6 is 0 Å². The molecule has 0 saturated carbocycles. The lowest BCUT2D eigenvalue weighted by Crippen LogP contribution is -2.38. The van der Waals surface area contributed by atoms with E-state index < -0.39 is 11.7 Å². The Morgan fingerprint density at radius 2 is 2.20 bits per heavy atom. The smallest absolute Gasteiger partial charge is 0.261 e. The molecule has 1 aliphatic heterocycles. The van der Waals surface area contributed by atoms with E-state index in [4.69, 9.17) is 6.57 Å². The molecular weight excluding hydrogens is 323 g/mol. The zero-order valence-electron chi connectivity index (χ0n) is 13.4. The molecule has 6 nitrogen and oxygen atoms in total. The molecule has 7 heteroatoms. The number of hydrogen-bond acceptors (Lipinski definition) is 4. The van der Waals surface area contributed by atoms with E-state index in [0.717, 1.165) is 0 Å². The summed E-state index contributed by atoms with van der Waals surface area (Å²) in [6.45, 7) is 10.2. The summed E-state index contributed by atoms with van der Waals surface area (Å²) in [4.78, 5) is 20.2. The van der Waals surface area contributed by atoms with Crippen molar-refractivity contribution < 1.29 is 14.3 Å². The molecule has 0 atom stereocenters. The third-order valence-corrected chi connectivity index (χ3v) is 3.75. The molecule has 0 saturated heterocycles. The van der Waals surface area contributed by atoms with Crippen molar-refractivity contribution >= 4 is 17.6 Å². The monoisotopic (exact) mass is 338 g/mol. The summed E-state index contributed by atoms with van der Waals surface area (Å²) in [7, 11) is 0. The van der Waals surface area contributed by atoms with Crippen LogP contribution in [0.2, 0.25) is 0 Å². The highest BCUT2D eigenvalue weighted by Gasteiger charge is 2.23. The Kier molecular flexibility index (Phi) is 4.35. The van der Waals surface area contributed by atoms with Crippen LogP contribution in [0.25, 0.3) is 16.0 Å². The summed E-state index contributed by atoms with van der Waals surface area (Å²) >= 11 is 0. The minimum absolute atomic E-state index is 0.0881. The molecule has 0 spiro atoms. The first-order valence-corrected chi connectivity index (χ1v) is 7.60. The van der Waals surface area contributed by atoms with Gasteiger partial charge in [-0.2, -0.15) is 0 Å². The summed E-state index contributed by atoms with van der Waals surface area (Å²) in [5, 5.41) is 15.7. The summed E-state index contributed by atoms with van der Waals surface area (Å²) in [6.07, 6.45) is 0. The number of carbonyl (C=O) groups is 1. The molecule has 1 amide bonds. The molecule has 0 radical (unpaired) electrons. The van der Waals surface area contributed by atoms with E-state index in [1.54, 1.807) is 13.0 Å². The molecule has 3 N–H and O–H groups in total. The number of guanidine groups is 1. The van der Waals surface area contributed by atoms with Crippen molar-refractivity contribution in [3.8, 4) is 16.9 Å². The number of halogens is 1. The van der Waals surface area contributed by atoms with Gasteiger partial charge in [0, 0.05) is 12.1 Å². The zero-order valence-corrected chi connectivity index (χ0v) is 13.4. The van der Waals surface area contributed by atoms with Gasteiger partial charge in [-0.15, -0.1) is 0 Å². The van der Waals surface area contributed by atoms with Crippen LogP contribution in [0, 0.1) is 19.3 Å². The second kappa shape index (κ2) is 6.61. The Labute approximate surface area is 143 Å². The Morgan fingerprint density at radius 3 is 2.84 bits per heavy atom. The normalized spacial score (nSPS) is 12.9. The Hall–Kier alpha value is -3.40. The van der Waals surface area contributed by atoms with Crippen LogP contribution in [0.5, 0.6) is 5.75 Å². The minimum atomic E-state index is -0.618. The lowest BCUT2D eigenvalue weighted by molar-refractivity contribution is 0.0974. The average molecular weight is 338 g/mol. The Balaban J connectivity index is 2.17. The number of aliphatic imine (C=N–C) groups is 1. The topological polar surface area (TPSA) is 78.1 Å². The molecule has 25 heavy (non-hydrogen) atoms. The molecule has 0 unspecified atom stereocenters. The van der Waals surface area contributed by atoms with Crippen LogP contribution in [0.4, 0.5) is 10.1 Å². The first-order valence-electron chi connectivity index (χ1n) is 7.60. The van der Waals surface area contributed by atoms with E-state index in [-0.39, 0.29) is 22.6 Å². The number of nitrogens with zero attached hydrogens (tertiary/aromatic N) is 2. The van der Waals surface area contributed by atoms with Gasteiger partial charge in [-0.25, -0.2) is 9.24 Å². The van der Waals surface area contributed by atoms with Crippen molar-refractivity contribution in [3.05, 3.63) is 58.7 Å².